The quantitative estimate of drug-likeness (QED) is 0.862. The number of rotatable bonds is 4. The number of aromatic nitrogens is 3. The molecule has 1 aromatic heterocycles. The molecule has 2 atom stereocenters. The van der Waals surface area contributed by atoms with Crippen molar-refractivity contribution in [3.8, 4) is 5.75 Å². The third-order valence-electron chi connectivity index (χ3n) is 5.01. The summed E-state index contributed by atoms with van der Waals surface area (Å²) >= 11 is 0. The summed E-state index contributed by atoms with van der Waals surface area (Å²) in [5.74, 6) is 0.905. The lowest BCUT2D eigenvalue weighted by molar-refractivity contribution is 0.0112. The SMILES string of the molecule is COc1ccc(CN2CC[C@@]3(C[C@H](n4cnnc4)CO3)C2)cc1. The van der Waals surface area contributed by atoms with Crippen LogP contribution in [0.3, 0.4) is 0 Å². The predicted octanol–water partition coefficient (Wildman–Crippen LogP) is 1.89. The Morgan fingerprint density at radius 2 is 2.04 bits per heavy atom. The van der Waals surface area contributed by atoms with Gasteiger partial charge >= 0.3 is 0 Å². The molecule has 3 heterocycles. The summed E-state index contributed by atoms with van der Waals surface area (Å²) < 4.78 is 13.5. The van der Waals surface area contributed by atoms with Gasteiger partial charge in [0, 0.05) is 26.1 Å². The zero-order chi connectivity index (χ0) is 15.7. The van der Waals surface area contributed by atoms with E-state index >= 15 is 0 Å². The molecule has 2 aliphatic rings. The third kappa shape index (κ3) is 2.96. The van der Waals surface area contributed by atoms with Crippen molar-refractivity contribution in [1.29, 1.82) is 0 Å². The van der Waals surface area contributed by atoms with Crippen LogP contribution in [-0.4, -0.2) is 52.1 Å². The number of ether oxygens (including phenoxy) is 2. The zero-order valence-corrected chi connectivity index (χ0v) is 13.4. The monoisotopic (exact) mass is 314 g/mol. The Labute approximate surface area is 136 Å². The molecule has 0 amide bonds. The standard InChI is InChI=1S/C17H22N4O2/c1-22-16-4-2-14(3-5-16)9-20-7-6-17(11-20)8-15(10-23-17)21-12-18-19-13-21/h2-5,12-13,15H,6-11H2,1H3/t15-,17+/m0/s1. The van der Waals surface area contributed by atoms with Gasteiger partial charge in [0.15, 0.2) is 0 Å². The van der Waals surface area contributed by atoms with Crippen molar-refractivity contribution >= 4 is 0 Å². The fraction of sp³-hybridized carbons (Fsp3) is 0.529. The van der Waals surface area contributed by atoms with Gasteiger partial charge in [-0.1, -0.05) is 12.1 Å². The molecular weight excluding hydrogens is 292 g/mol. The number of methoxy groups -OCH3 is 1. The average Bonchev–Trinajstić information content (AvgIpc) is 3.31. The Kier molecular flexibility index (Phi) is 3.79. The lowest BCUT2D eigenvalue weighted by atomic mass is 9.97. The molecule has 2 aliphatic heterocycles. The van der Waals surface area contributed by atoms with E-state index in [1.54, 1.807) is 19.8 Å². The topological polar surface area (TPSA) is 52.4 Å². The molecule has 0 unspecified atom stereocenters. The molecule has 0 radical (unpaired) electrons. The minimum atomic E-state index is 0.00140. The van der Waals surface area contributed by atoms with Crippen LogP contribution in [0.15, 0.2) is 36.9 Å². The normalized spacial score (nSPS) is 27.8. The van der Waals surface area contributed by atoms with E-state index in [0.717, 1.165) is 44.8 Å². The third-order valence-corrected chi connectivity index (χ3v) is 5.01. The Morgan fingerprint density at radius 1 is 1.26 bits per heavy atom. The second-order valence-corrected chi connectivity index (χ2v) is 6.57. The van der Waals surface area contributed by atoms with Crippen molar-refractivity contribution in [1.82, 2.24) is 19.7 Å². The largest absolute Gasteiger partial charge is 0.497 e. The molecule has 2 aromatic rings. The molecule has 2 saturated heterocycles. The van der Waals surface area contributed by atoms with Crippen LogP contribution in [0.2, 0.25) is 0 Å². The first kappa shape index (κ1) is 14.7. The predicted molar refractivity (Wildman–Crippen MR) is 85.2 cm³/mol. The molecule has 4 rings (SSSR count). The van der Waals surface area contributed by atoms with Gasteiger partial charge in [0.25, 0.3) is 0 Å². The molecule has 6 nitrogen and oxygen atoms in total. The minimum Gasteiger partial charge on any atom is -0.497 e. The van der Waals surface area contributed by atoms with Crippen LogP contribution < -0.4 is 4.74 Å². The maximum Gasteiger partial charge on any atom is 0.119 e. The van der Waals surface area contributed by atoms with Crippen LogP contribution in [0.1, 0.15) is 24.4 Å². The van der Waals surface area contributed by atoms with Crippen LogP contribution >= 0.6 is 0 Å². The summed E-state index contributed by atoms with van der Waals surface area (Å²) in [5.41, 5.74) is 1.32. The highest BCUT2D eigenvalue weighted by Gasteiger charge is 2.45. The molecule has 6 heteroatoms. The number of hydrogen-bond donors (Lipinski definition) is 0. The van der Waals surface area contributed by atoms with Crippen LogP contribution in [0, 0.1) is 0 Å². The van der Waals surface area contributed by atoms with Crippen molar-refractivity contribution in [2.24, 2.45) is 0 Å². The van der Waals surface area contributed by atoms with E-state index in [1.165, 1.54) is 5.56 Å². The Morgan fingerprint density at radius 3 is 2.78 bits per heavy atom. The first-order valence-electron chi connectivity index (χ1n) is 8.10. The number of nitrogens with zero attached hydrogens (tertiary/aromatic N) is 4. The molecule has 1 spiro atoms. The van der Waals surface area contributed by atoms with E-state index in [4.69, 9.17) is 9.47 Å². The van der Waals surface area contributed by atoms with E-state index in [-0.39, 0.29) is 5.60 Å². The lowest BCUT2D eigenvalue weighted by Gasteiger charge is -2.23. The summed E-state index contributed by atoms with van der Waals surface area (Å²) in [6, 6.07) is 8.69. The first-order valence-corrected chi connectivity index (χ1v) is 8.10. The first-order chi connectivity index (χ1) is 11.3. The smallest absolute Gasteiger partial charge is 0.119 e. The van der Waals surface area contributed by atoms with Gasteiger partial charge in [-0.05, 0) is 24.1 Å². The summed E-state index contributed by atoms with van der Waals surface area (Å²) in [6.45, 7) is 3.80. The fourth-order valence-corrected chi connectivity index (χ4v) is 3.75. The molecule has 1 aromatic carbocycles. The van der Waals surface area contributed by atoms with Gasteiger partial charge < -0.3 is 14.0 Å². The summed E-state index contributed by atoms with van der Waals surface area (Å²) in [7, 11) is 1.70. The maximum absolute atomic E-state index is 6.20. The van der Waals surface area contributed by atoms with Crippen molar-refractivity contribution in [3.05, 3.63) is 42.5 Å². The molecular formula is C17H22N4O2. The summed E-state index contributed by atoms with van der Waals surface area (Å²) in [6.07, 6.45) is 5.72. The van der Waals surface area contributed by atoms with Gasteiger partial charge in [-0.25, -0.2) is 0 Å². The maximum atomic E-state index is 6.20. The van der Waals surface area contributed by atoms with Gasteiger partial charge in [-0.2, -0.15) is 0 Å². The van der Waals surface area contributed by atoms with Crippen molar-refractivity contribution in [2.75, 3.05) is 26.8 Å². The number of benzene rings is 1. The second kappa shape index (κ2) is 5.94. The van der Waals surface area contributed by atoms with Crippen molar-refractivity contribution < 1.29 is 9.47 Å². The van der Waals surface area contributed by atoms with E-state index in [1.807, 2.05) is 12.1 Å². The van der Waals surface area contributed by atoms with E-state index < -0.39 is 0 Å². The van der Waals surface area contributed by atoms with E-state index in [0.29, 0.717) is 6.04 Å². The van der Waals surface area contributed by atoms with Crippen LogP contribution in [-0.2, 0) is 11.3 Å². The van der Waals surface area contributed by atoms with Gasteiger partial charge in [0.1, 0.15) is 18.4 Å². The Bertz CT molecular complexity index is 643. The molecule has 0 aliphatic carbocycles. The lowest BCUT2D eigenvalue weighted by Crippen LogP contribution is -2.32. The number of likely N-dealkylation sites (tertiary alicyclic amines) is 1. The Balaban J connectivity index is 1.37. The summed E-state index contributed by atoms with van der Waals surface area (Å²) in [5, 5.41) is 7.81. The van der Waals surface area contributed by atoms with Gasteiger partial charge in [0.2, 0.25) is 0 Å². The van der Waals surface area contributed by atoms with Crippen LogP contribution in [0.4, 0.5) is 0 Å². The van der Waals surface area contributed by atoms with E-state index in [9.17, 15) is 0 Å². The molecule has 0 saturated carbocycles. The molecule has 122 valence electrons. The van der Waals surface area contributed by atoms with Crippen LogP contribution in [0.5, 0.6) is 5.75 Å². The second-order valence-electron chi connectivity index (χ2n) is 6.57. The molecule has 0 N–H and O–H groups in total. The molecule has 0 bridgehead atoms. The molecule has 2 fully saturated rings. The van der Waals surface area contributed by atoms with Gasteiger partial charge in [-0.3, -0.25) is 4.90 Å². The van der Waals surface area contributed by atoms with Crippen molar-refractivity contribution in [3.63, 3.8) is 0 Å². The highest BCUT2D eigenvalue weighted by molar-refractivity contribution is 5.27. The minimum absolute atomic E-state index is 0.00140. The van der Waals surface area contributed by atoms with Gasteiger partial charge in [-0.15, -0.1) is 10.2 Å². The van der Waals surface area contributed by atoms with Crippen molar-refractivity contribution in [2.45, 2.75) is 31.0 Å². The fourth-order valence-electron chi connectivity index (χ4n) is 3.75. The van der Waals surface area contributed by atoms with E-state index in [2.05, 4.69) is 31.8 Å². The zero-order valence-electron chi connectivity index (χ0n) is 13.4. The highest BCUT2D eigenvalue weighted by Crippen LogP contribution is 2.40. The summed E-state index contributed by atoms with van der Waals surface area (Å²) in [4.78, 5) is 2.48. The van der Waals surface area contributed by atoms with Gasteiger partial charge in [0.05, 0.1) is 25.4 Å². The Hall–Kier alpha value is -1.92. The number of hydrogen-bond acceptors (Lipinski definition) is 5. The average molecular weight is 314 g/mol. The van der Waals surface area contributed by atoms with Crippen LogP contribution in [0.25, 0.3) is 0 Å². The highest BCUT2D eigenvalue weighted by atomic mass is 16.5. The molecule has 23 heavy (non-hydrogen) atoms.